The number of carbonyl (C=O) groups is 2. The van der Waals surface area contributed by atoms with E-state index in [0.29, 0.717) is 13.2 Å². The molecule has 6 heteroatoms. The maximum Gasteiger partial charge on any atom is 0.236 e. The number of rotatable bonds is 8. The maximum atomic E-state index is 11.5. The van der Waals surface area contributed by atoms with Crippen LogP contribution in [0.3, 0.4) is 0 Å². The molecule has 0 aromatic heterocycles. The molecule has 0 aliphatic heterocycles. The van der Waals surface area contributed by atoms with E-state index in [1.165, 1.54) is 0 Å². The first-order valence-corrected chi connectivity index (χ1v) is 5.32. The normalized spacial score (nSPS) is 11.9. The minimum absolute atomic E-state index is 0.111. The number of carbonyl (C=O) groups excluding carboxylic acids is 2. The van der Waals surface area contributed by atoms with Crippen molar-refractivity contribution in [3.8, 4) is 0 Å². The second-order valence-electron chi connectivity index (χ2n) is 3.41. The fourth-order valence-corrected chi connectivity index (χ4v) is 1.01. The SMILES string of the molecule is CNC(=O)CNC(C)C(=O)NCCCOC. The fourth-order valence-electron chi connectivity index (χ4n) is 1.01. The molecule has 16 heavy (non-hydrogen) atoms. The number of likely N-dealkylation sites (N-methyl/N-ethyl adjacent to an activating group) is 1. The van der Waals surface area contributed by atoms with Gasteiger partial charge in [0.05, 0.1) is 12.6 Å². The maximum absolute atomic E-state index is 11.5. The molecule has 2 amide bonds. The summed E-state index contributed by atoms with van der Waals surface area (Å²) in [5, 5.41) is 8.03. The van der Waals surface area contributed by atoms with E-state index in [-0.39, 0.29) is 24.4 Å². The van der Waals surface area contributed by atoms with E-state index in [2.05, 4.69) is 16.0 Å². The van der Waals surface area contributed by atoms with Gasteiger partial charge < -0.3 is 15.4 Å². The van der Waals surface area contributed by atoms with E-state index in [9.17, 15) is 9.59 Å². The lowest BCUT2D eigenvalue weighted by atomic mass is 10.3. The zero-order chi connectivity index (χ0) is 12.4. The first-order valence-electron chi connectivity index (χ1n) is 5.32. The smallest absolute Gasteiger partial charge is 0.236 e. The van der Waals surface area contributed by atoms with Crippen LogP contribution < -0.4 is 16.0 Å². The second kappa shape index (κ2) is 9.11. The lowest BCUT2D eigenvalue weighted by Crippen LogP contribution is -2.45. The summed E-state index contributed by atoms with van der Waals surface area (Å²) in [6, 6.07) is -0.375. The number of hydrogen-bond acceptors (Lipinski definition) is 4. The second-order valence-corrected chi connectivity index (χ2v) is 3.41. The molecule has 0 aromatic rings. The van der Waals surface area contributed by atoms with Crippen LogP contribution in [0.1, 0.15) is 13.3 Å². The minimum atomic E-state index is -0.375. The van der Waals surface area contributed by atoms with Crippen molar-refractivity contribution in [3.05, 3.63) is 0 Å². The molecule has 6 nitrogen and oxygen atoms in total. The van der Waals surface area contributed by atoms with Crippen LogP contribution in [0.2, 0.25) is 0 Å². The highest BCUT2D eigenvalue weighted by molar-refractivity contribution is 5.83. The van der Waals surface area contributed by atoms with Gasteiger partial charge in [-0.25, -0.2) is 0 Å². The van der Waals surface area contributed by atoms with Gasteiger partial charge in [0, 0.05) is 27.3 Å². The van der Waals surface area contributed by atoms with Crippen molar-refractivity contribution in [1.29, 1.82) is 0 Å². The highest BCUT2D eigenvalue weighted by atomic mass is 16.5. The molecule has 94 valence electrons. The molecule has 0 saturated carbocycles. The molecule has 0 heterocycles. The van der Waals surface area contributed by atoms with Crippen molar-refractivity contribution in [3.63, 3.8) is 0 Å². The molecule has 0 aromatic carbocycles. The quantitative estimate of drug-likeness (QED) is 0.462. The van der Waals surface area contributed by atoms with E-state index in [1.807, 2.05) is 0 Å². The molecular weight excluding hydrogens is 210 g/mol. The van der Waals surface area contributed by atoms with E-state index in [1.54, 1.807) is 21.1 Å². The number of nitrogens with one attached hydrogen (secondary N) is 3. The predicted octanol–water partition coefficient (Wildman–Crippen LogP) is -1.14. The topological polar surface area (TPSA) is 79.5 Å². The van der Waals surface area contributed by atoms with Crippen LogP contribution in [0.5, 0.6) is 0 Å². The lowest BCUT2D eigenvalue weighted by Gasteiger charge is -2.13. The van der Waals surface area contributed by atoms with Crippen LogP contribution in [-0.2, 0) is 14.3 Å². The van der Waals surface area contributed by atoms with E-state index >= 15 is 0 Å². The highest BCUT2D eigenvalue weighted by Crippen LogP contribution is 1.83. The Morgan fingerprint density at radius 1 is 1.38 bits per heavy atom. The standard InChI is InChI=1S/C10H21N3O3/c1-8(13-7-9(14)11-2)10(15)12-5-4-6-16-3/h8,13H,4-7H2,1-3H3,(H,11,14)(H,12,15). The van der Waals surface area contributed by atoms with Crippen molar-refractivity contribution in [2.45, 2.75) is 19.4 Å². The Morgan fingerprint density at radius 3 is 2.62 bits per heavy atom. The summed E-state index contributed by atoms with van der Waals surface area (Å²) in [6.45, 7) is 3.07. The molecule has 0 fully saturated rings. The van der Waals surface area contributed by atoms with Crippen LogP contribution in [-0.4, -0.2) is 51.7 Å². The average molecular weight is 231 g/mol. The van der Waals surface area contributed by atoms with Crippen molar-refractivity contribution < 1.29 is 14.3 Å². The van der Waals surface area contributed by atoms with Crippen molar-refractivity contribution in [1.82, 2.24) is 16.0 Å². The van der Waals surface area contributed by atoms with Gasteiger partial charge in [0.1, 0.15) is 0 Å². The third-order valence-electron chi connectivity index (χ3n) is 2.07. The summed E-state index contributed by atoms with van der Waals surface area (Å²) in [5.74, 6) is -0.251. The zero-order valence-corrected chi connectivity index (χ0v) is 10.1. The molecule has 0 bridgehead atoms. The Kier molecular flexibility index (Phi) is 8.46. The van der Waals surface area contributed by atoms with Crippen molar-refractivity contribution >= 4 is 11.8 Å². The number of hydrogen-bond donors (Lipinski definition) is 3. The Labute approximate surface area is 96.1 Å². The minimum Gasteiger partial charge on any atom is -0.385 e. The van der Waals surface area contributed by atoms with Crippen molar-refractivity contribution in [2.24, 2.45) is 0 Å². The molecule has 1 unspecified atom stereocenters. The number of methoxy groups -OCH3 is 1. The molecule has 0 radical (unpaired) electrons. The Balaban J connectivity index is 3.61. The monoisotopic (exact) mass is 231 g/mol. The first kappa shape index (κ1) is 14.9. The summed E-state index contributed by atoms with van der Waals surface area (Å²) in [4.78, 5) is 22.4. The van der Waals surface area contributed by atoms with Crippen LogP contribution >= 0.6 is 0 Å². The number of ether oxygens (including phenoxy) is 1. The summed E-state index contributed by atoms with van der Waals surface area (Å²) in [5.41, 5.74) is 0. The molecule has 0 aliphatic carbocycles. The van der Waals surface area contributed by atoms with Crippen molar-refractivity contribution in [2.75, 3.05) is 33.9 Å². The number of amides is 2. The van der Waals surface area contributed by atoms with Gasteiger partial charge >= 0.3 is 0 Å². The molecule has 0 aliphatic rings. The third-order valence-corrected chi connectivity index (χ3v) is 2.07. The molecule has 1 atom stereocenters. The molecular formula is C10H21N3O3. The van der Waals surface area contributed by atoms with Gasteiger partial charge in [-0.2, -0.15) is 0 Å². The summed E-state index contributed by atoms with van der Waals surface area (Å²) >= 11 is 0. The van der Waals surface area contributed by atoms with Gasteiger partial charge in [-0.3, -0.25) is 14.9 Å². The first-order chi connectivity index (χ1) is 7.61. The van der Waals surface area contributed by atoms with Gasteiger partial charge in [-0.05, 0) is 13.3 Å². The van der Waals surface area contributed by atoms with E-state index in [4.69, 9.17) is 4.74 Å². The van der Waals surface area contributed by atoms with Crippen LogP contribution in [0.4, 0.5) is 0 Å². The fraction of sp³-hybridized carbons (Fsp3) is 0.800. The van der Waals surface area contributed by atoms with Gasteiger partial charge in [-0.1, -0.05) is 0 Å². The Bertz CT molecular complexity index is 221. The van der Waals surface area contributed by atoms with Gasteiger partial charge in [0.25, 0.3) is 0 Å². The molecule has 0 spiro atoms. The summed E-state index contributed by atoms with van der Waals surface area (Å²) in [6.07, 6.45) is 0.782. The van der Waals surface area contributed by atoms with Gasteiger partial charge in [-0.15, -0.1) is 0 Å². The largest absolute Gasteiger partial charge is 0.385 e. The van der Waals surface area contributed by atoms with Gasteiger partial charge in [0.2, 0.25) is 11.8 Å². The highest BCUT2D eigenvalue weighted by Gasteiger charge is 2.12. The Morgan fingerprint density at radius 2 is 2.06 bits per heavy atom. The zero-order valence-electron chi connectivity index (χ0n) is 10.1. The lowest BCUT2D eigenvalue weighted by molar-refractivity contribution is -0.123. The molecule has 3 N–H and O–H groups in total. The average Bonchev–Trinajstić information content (AvgIpc) is 2.30. The van der Waals surface area contributed by atoms with Crippen LogP contribution in [0.25, 0.3) is 0 Å². The Hall–Kier alpha value is -1.14. The summed E-state index contributed by atoms with van der Waals surface area (Å²) in [7, 11) is 3.18. The van der Waals surface area contributed by atoms with E-state index < -0.39 is 0 Å². The van der Waals surface area contributed by atoms with Gasteiger partial charge in [0.15, 0.2) is 0 Å². The van der Waals surface area contributed by atoms with Crippen LogP contribution in [0, 0.1) is 0 Å². The van der Waals surface area contributed by atoms with Crippen LogP contribution in [0.15, 0.2) is 0 Å². The van der Waals surface area contributed by atoms with E-state index in [0.717, 1.165) is 6.42 Å². The third kappa shape index (κ3) is 7.19. The molecule has 0 saturated heterocycles. The predicted molar refractivity (Wildman–Crippen MR) is 61.0 cm³/mol. The summed E-state index contributed by atoms with van der Waals surface area (Å²) < 4.78 is 4.86. The molecule has 0 rings (SSSR count).